The number of rotatable bonds is 6. The van der Waals surface area contributed by atoms with E-state index in [1.807, 2.05) is 6.92 Å². The van der Waals surface area contributed by atoms with Crippen molar-refractivity contribution in [2.24, 2.45) is 0 Å². The molecule has 2 unspecified atom stereocenters. The molecule has 2 aromatic carbocycles. The average molecular weight is 437 g/mol. The fraction of sp³-hybridized carbons (Fsp3) is 0.238. The summed E-state index contributed by atoms with van der Waals surface area (Å²) >= 11 is 0. The molecule has 3 rings (SSSR count). The molecule has 0 saturated heterocycles. The summed E-state index contributed by atoms with van der Waals surface area (Å²) in [7, 11) is 0. The highest BCUT2D eigenvalue weighted by Crippen LogP contribution is 2.22. The van der Waals surface area contributed by atoms with Gasteiger partial charge in [-0.1, -0.05) is 35.9 Å². The van der Waals surface area contributed by atoms with Crippen molar-refractivity contribution in [3.8, 4) is 16.9 Å². The molecule has 31 heavy (non-hydrogen) atoms. The highest BCUT2D eigenvalue weighted by Gasteiger charge is 2.38. The van der Waals surface area contributed by atoms with Crippen LogP contribution in [0.25, 0.3) is 16.9 Å². The van der Waals surface area contributed by atoms with Crippen molar-refractivity contribution in [3.63, 3.8) is 0 Å². The lowest BCUT2D eigenvalue weighted by Crippen LogP contribution is -2.41. The summed E-state index contributed by atoms with van der Waals surface area (Å²) < 4.78 is 52.2. The molecule has 0 bridgehead atoms. The predicted molar refractivity (Wildman–Crippen MR) is 105 cm³/mol. The van der Waals surface area contributed by atoms with Gasteiger partial charge in [-0.15, -0.1) is 0 Å². The molecule has 3 N–H and O–H groups in total. The quantitative estimate of drug-likeness (QED) is 0.408. The number of hydrogen-bond acceptors (Lipinski definition) is 5. The Balaban J connectivity index is 2.07. The van der Waals surface area contributed by atoms with Crippen LogP contribution in [0.2, 0.25) is 0 Å². The highest BCUT2D eigenvalue weighted by atomic mass is 19.4. The molecule has 0 spiro atoms. The van der Waals surface area contributed by atoms with Crippen molar-refractivity contribution >= 4 is 0 Å². The molecule has 0 saturated carbocycles. The standard InChI is InChI=1S/C21H19F4N3O3/c1-12-5-7-13(8-6-12)17-10-16(19(30)26-11-18(29)21(23,24)25)20(31)28(27-17)15-4-2-3-14(22)9-15/h2-10,18-19,26,29-30H,11H2,1H3. The Morgan fingerprint density at radius 3 is 2.39 bits per heavy atom. The van der Waals surface area contributed by atoms with Crippen LogP contribution in [0.4, 0.5) is 17.6 Å². The Bertz CT molecular complexity index is 1110. The van der Waals surface area contributed by atoms with Crippen LogP contribution < -0.4 is 10.9 Å². The Morgan fingerprint density at radius 1 is 1.10 bits per heavy atom. The number of nitrogens with one attached hydrogen (secondary N) is 1. The van der Waals surface area contributed by atoms with Crippen LogP contribution in [-0.2, 0) is 0 Å². The first-order valence-electron chi connectivity index (χ1n) is 9.20. The van der Waals surface area contributed by atoms with Crippen molar-refractivity contribution in [2.75, 3.05) is 6.54 Å². The second-order valence-electron chi connectivity index (χ2n) is 6.92. The van der Waals surface area contributed by atoms with Crippen LogP contribution in [0.15, 0.2) is 59.4 Å². The monoisotopic (exact) mass is 437 g/mol. The second-order valence-corrected chi connectivity index (χ2v) is 6.92. The zero-order valence-electron chi connectivity index (χ0n) is 16.3. The lowest BCUT2D eigenvalue weighted by molar-refractivity contribution is -0.203. The summed E-state index contributed by atoms with van der Waals surface area (Å²) in [4.78, 5) is 12.9. The molecule has 0 fully saturated rings. The first kappa shape index (κ1) is 22.6. The van der Waals surface area contributed by atoms with Gasteiger partial charge in [-0.25, -0.2) is 4.39 Å². The van der Waals surface area contributed by atoms with Gasteiger partial charge in [0.05, 0.1) is 16.9 Å². The number of halogens is 4. The van der Waals surface area contributed by atoms with E-state index in [-0.39, 0.29) is 16.9 Å². The van der Waals surface area contributed by atoms with Crippen molar-refractivity contribution in [3.05, 3.63) is 81.9 Å². The van der Waals surface area contributed by atoms with Crippen LogP contribution in [-0.4, -0.2) is 38.8 Å². The van der Waals surface area contributed by atoms with E-state index in [1.165, 1.54) is 24.3 Å². The number of aromatic nitrogens is 2. The van der Waals surface area contributed by atoms with Crippen LogP contribution in [0.1, 0.15) is 17.4 Å². The SMILES string of the molecule is Cc1ccc(-c2cc(C(O)NCC(O)C(F)(F)F)c(=O)n(-c3cccc(F)c3)n2)cc1. The van der Waals surface area contributed by atoms with Gasteiger partial charge in [0.2, 0.25) is 0 Å². The molecule has 6 nitrogen and oxygen atoms in total. The van der Waals surface area contributed by atoms with E-state index in [9.17, 15) is 27.5 Å². The summed E-state index contributed by atoms with van der Waals surface area (Å²) in [6.45, 7) is 0.836. The summed E-state index contributed by atoms with van der Waals surface area (Å²) in [6.07, 6.45) is -9.46. The van der Waals surface area contributed by atoms with Crippen LogP contribution >= 0.6 is 0 Å². The van der Waals surface area contributed by atoms with E-state index in [2.05, 4.69) is 10.4 Å². The first-order chi connectivity index (χ1) is 14.6. The van der Waals surface area contributed by atoms with Gasteiger partial charge in [0.15, 0.2) is 6.10 Å². The van der Waals surface area contributed by atoms with E-state index >= 15 is 0 Å². The lowest BCUT2D eigenvalue weighted by Gasteiger charge is -2.19. The van der Waals surface area contributed by atoms with Gasteiger partial charge in [0, 0.05) is 12.1 Å². The van der Waals surface area contributed by atoms with Gasteiger partial charge >= 0.3 is 6.18 Å². The van der Waals surface area contributed by atoms with Crippen molar-refractivity contribution < 1.29 is 27.8 Å². The van der Waals surface area contributed by atoms with Gasteiger partial charge in [-0.2, -0.15) is 23.0 Å². The molecule has 1 heterocycles. The summed E-state index contributed by atoms with van der Waals surface area (Å²) in [5.41, 5.74) is 0.663. The molecular weight excluding hydrogens is 418 g/mol. The van der Waals surface area contributed by atoms with E-state index in [1.54, 1.807) is 24.3 Å². The minimum Gasteiger partial charge on any atom is -0.382 e. The molecule has 0 aliphatic rings. The van der Waals surface area contributed by atoms with E-state index < -0.39 is 36.4 Å². The Morgan fingerprint density at radius 2 is 1.77 bits per heavy atom. The predicted octanol–water partition coefficient (Wildman–Crippen LogP) is 2.85. The molecule has 1 aromatic heterocycles. The molecule has 0 amide bonds. The zero-order chi connectivity index (χ0) is 22.8. The van der Waals surface area contributed by atoms with Gasteiger partial charge < -0.3 is 10.2 Å². The molecule has 0 aliphatic carbocycles. The maximum atomic E-state index is 13.7. The summed E-state index contributed by atoms with van der Waals surface area (Å²) in [5, 5.41) is 25.8. The Labute approximate surface area is 174 Å². The fourth-order valence-corrected chi connectivity index (χ4v) is 2.81. The van der Waals surface area contributed by atoms with Crippen molar-refractivity contribution in [1.82, 2.24) is 15.1 Å². The number of hydrogen-bond donors (Lipinski definition) is 3. The number of aliphatic hydroxyl groups excluding tert-OH is 2. The van der Waals surface area contributed by atoms with Gasteiger partial charge in [0.25, 0.3) is 5.56 Å². The largest absolute Gasteiger partial charge is 0.415 e. The minimum absolute atomic E-state index is 0.0720. The first-order valence-corrected chi connectivity index (χ1v) is 9.20. The van der Waals surface area contributed by atoms with Crippen LogP contribution in [0.3, 0.4) is 0 Å². The molecule has 0 radical (unpaired) electrons. The molecule has 2 atom stereocenters. The lowest BCUT2D eigenvalue weighted by atomic mass is 10.1. The Kier molecular flexibility index (Phi) is 6.54. The van der Waals surface area contributed by atoms with Gasteiger partial charge in [-0.3, -0.25) is 10.1 Å². The normalized spacial score (nSPS) is 13.8. The van der Waals surface area contributed by atoms with E-state index in [0.717, 1.165) is 16.3 Å². The second kappa shape index (κ2) is 8.96. The fourth-order valence-electron chi connectivity index (χ4n) is 2.81. The van der Waals surface area contributed by atoms with Gasteiger partial charge in [0.1, 0.15) is 12.0 Å². The summed E-state index contributed by atoms with van der Waals surface area (Å²) in [5.74, 6) is -0.625. The molecule has 164 valence electrons. The Hall–Kier alpha value is -3.08. The number of aryl methyl sites for hydroxylation is 1. The summed E-state index contributed by atoms with van der Waals surface area (Å²) in [6, 6.07) is 13.3. The number of benzene rings is 2. The highest BCUT2D eigenvalue weighted by molar-refractivity contribution is 5.60. The molecule has 3 aromatic rings. The molecular formula is C21H19F4N3O3. The van der Waals surface area contributed by atoms with Crippen LogP contribution in [0, 0.1) is 12.7 Å². The third-order valence-electron chi connectivity index (χ3n) is 4.52. The number of nitrogens with zero attached hydrogens (tertiary/aromatic N) is 2. The maximum absolute atomic E-state index is 13.7. The minimum atomic E-state index is -4.89. The third kappa shape index (κ3) is 5.35. The average Bonchev–Trinajstić information content (AvgIpc) is 2.72. The molecule has 10 heteroatoms. The topological polar surface area (TPSA) is 87.4 Å². The number of aliphatic hydroxyl groups is 2. The maximum Gasteiger partial charge on any atom is 0.415 e. The van der Waals surface area contributed by atoms with Crippen LogP contribution in [0.5, 0.6) is 0 Å². The smallest absolute Gasteiger partial charge is 0.382 e. The number of alkyl halides is 3. The van der Waals surface area contributed by atoms with Crippen molar-refractivity contribution in [2.45, 2.75) is 25.4 Å². The van der Waals surface area contributed by atoms with Crippen molar-refractivity contribution in [1.29, 1.82) is 0 Å². The van der Waals surface area contributed by atoms with Gasteiger partial charge in [-0.05, 0) is 31.2 Å². The molecule has 0 aliphatic heterocycles. The zero-order valence-corrected chi connectivity index (χ0v) is 16.3. The van der Waals surface area contributed by atoms with E-state index in [0.29, 0.717) is 5.56 Å². The van der Waals surface area contributed by atoms with E-state index in [4.69, 9.17) is 5.11 Å². The third-order valence-corrected chi connectivity index (χ3v) is 4.52.